The third kappa shape index (κ3) is 4.72. The zero-order valence-corrected chi connectivity index (χ0v) is 17.0. The maximum atomic E-state index is 13.6. The number of aryl methyl sites for hydroxylation is 1. The third-order valence-corrected chi connectivity index (χ3v) is 5.57. The molecule has 4 rings (SSSR count). The number of fused-ring (bicyclic) bond motifs is 1. The van der Waals surface area contributed by atoms with E-state index in [0.29, 0.717) is 6.54 Å². The molecule has 2 aliphatic rings. The number of halogens is 4. The molecule has 1 unspecified atom stereocenters. The second kappa shape index (κ2) is 8.32. The summed E-state index contributed by atoms with van der Waals surface area (Å²) in [7, 11) is 0. The fourth-order valence-corrected chi connectivity index (χ4v) is 4.25. The minimum atomic E-state index is -4.79. The summed E-state index contributed by atoms with van der Waals surface area (Å²) in [6.07, 6.45) is -0.499. The smallest absolute Gasteiger partial charge is 0.354 e. The summed E-state index contributed by atoms with van der Waals surface area (Å²) in [6.45, 7) is 2.87. The van der Waals surface area contributed by atoms with Crippen LogP contribution in [0.3, 0.4) is 0 Å². The first kappa shape index (κ1) is 21.3. The highest BCUT2D eigenvalue weighted by molar-refractivity contribution is 5.73. The first-order chi connectivity index (χ1) is 14.7. The number of carbonyl (C=O) groups excluding carboxylic acids is 1. The predicted molar refractivity (Wildman–Crippen MR) is 108 cm³/mol. The van der Waals surface area contributed by atoms with Crippen molar-refractivity contribution in [3.8, 4) is 0 Å². The van der Waals surface area contributed by atoms with Gasteiger partial charge in [0, 0.05) is 37.3 Å². The number of nitrogens with zero attached hydrogens (tertiary/aromatic N) is 3. The molecule has 1 atom stereocenters. The van der Waals surface area contributed by atoms with Crippen LogP contribution >= 0.6 is 0 Å². The van der Waals surface area contributed by atoms with E-state index in [0.717, 1.165) is 67.9 Å². The minimum Gasteiger partial charge on any atom is -0.354 e. The Morgan fingerprint density at radius 3 is 2.74 bits per heavy atom. The monoisotopic (exact) mass is 437 g/mol. The molecule has 1 aliphatic carbocycles. The summed E-state index contributed by atoms with van der Waals surface area (Å²) in [5.41, 5.74) is 0.636. The maximum absolute atomic E-state index is 13.6. The number of benzene rings is 1. The SMILES string of the molecule is CC(=O)NC1CCCN(c2nc(Nc3ccc(F)c(C(F)(F)F)c3)nc3c2CCC3)C1. The average molecular weight is 437 g/mol. The fraction of sp³-hybridized carbons (Fsp3) is 0.476. The highest BCUT2D eigenvalue weighted by Crippen LogP contribution is 2.35. The van der Waals surface area contributed by atoms with Gasteiger partial charge in [0.2, 0.25) is 11.9 Å². The van der Waals surface area contributed by atoms with Crippen molar-refractivity contribution in [2.75, 3.05) is 23.3 Å². The van der Waals surface area contributed by atoms with Crippen LogP contribution in [-0.4, -0.2) is 35.0 Å². The first-order valence-electron chi connectivity index (χ1n) is 10.3. The Hall–Kier alpha value is -2.91. The van der Waals surface area contributed by atoms with E-state index in [1.54, 1.807) is 0 Å². The number of aromatic nitrogens is 2. The number of hydrogen-bond donors (Lipinski definition) is 2. The number of piperidine rings is 1. The van der Waals surface area contributed by atoms with Crippen LogP contribution in [-0.2, 0) is 23.8 Å². The molecule has 0 bridgehead atoms. The lowest BCUT2D eigenvalue weighted by molar-refractivity contribution is -0.140. The molecule has 2 heterocycles. The van der Waals surface area contributed by atoms with Gasteiger partial charge in [-0.3, -0.25) is 4.79 Å². The van der Waals surface area contributed by atoms with Gasteiger partial charge in [0.15, 0.2) is 0 Å². The van der Waals surface area contributed by atoms with E-state index in [9.17, 15) is 22.4 Å². The molecule has 2 aromatic rings. The van der Waals surface area contributed by atoms with Crippen molar-refractivity contribution < 1.29 is 22.4 Å². The van der Waals surface area contributed by atoms with E-state index in [2.05, 4.69) is 25.5 Å². The van der Waals surface area contributed by atoms with Gasteiger partial charge < -0.3 is 15.5 Å². The molecule has 166 valence electrons. The lowest BCUT2D eigenvalue weighted by Crippen LogP contribution is -2.47. The summed E-state index contributed by atoms with van der Waals surface area (Å²) in [4.78, 5) is 22.7. The number of anilines is 3. The van der Waals surface area contributed by atoms with Crippen molar-refractivity contribution in [1.29, 1.82) is 0 Å². The molecule has 0 spiro atoms. The molecule has 10 heteroatoms. The molecular weight excluding hydrogens is 414 g/mol. The molecule has 0 saturated carbocycles. The summed E-state index contributed by atoms with van der Waals surface area (Å²) in [5.74, 6) is -0.486. The number of hydrogen-bond acceptors (Lipinski definition) is 5. The molecule has 1 amide bonds. The van der Waals surface area contributed by atoms with Crippen molar-refractivity contribution in [1.82, 2.24) is 15.3 Å². The van der Waals surface area contributed by atoms with Gasteiger partial charge in [-0.25, -0.2) is 9.37 Å². The molecule has 1 aromatic carbocycles. The minimum absolute atomic E-state index is 0.0149. The van der Waals surface area contributed by atoms with Gasteiger partial charge in [-0.2, -0.15) is 18.2 Å². The van der Waals surface area contributed by atoms with Gasteiger partial charge in [-0.05, 0) is 50.3 Å². The zero-order chi connectivity index (χ0) is 22.2. The van der Waals surface area contributed by atoms with Crippen molar-refractivity contribution in [2.24, 2.45) is 0 Å². The van der Waals surface area contributed by atoms with Crippen molar-refractivity contribution in [2.45, 2.75) is 51.2 Å². The summed E-state index contributed by atoms with van der Waals surface area (Å²) in [5, 5.41) is 5.76. The van der Waals surface area contributed by atoms with Crippen LogP contribution in [0.15, 0.2) is 18.2 Å². The molecule has 31 heavy (non-hydrogen) atoms. The van der Waals surface area contributed by atoms with Crippen LogP contribution in [0.5, 0.6) is 0 Å². The Balaban J connectivity index is 1.63. The van der Waals surface area contributed by atoms with Gasteiger partial charge in [-0.15, -0.1) is 0 Å². The average Bonchev–Trinajstić information content (AvgIpc) is 3.16. The van der Waals surface area contributed by atoms with Crippen molar-refractivity contribution in [3.05, 3.63) is 40.8 Å². The molecular formula is C21H23F4N5O. The second-order valence-electron chi connectivity index (χ2n) is 7.95. The van der Waals surface area contributed by atoms with Crippen LogP contribution in [0, 0.1) is 5.82 Å². The summed E-state index contributed by atoms with van der Waals surface area (Å²) in [6, 6.07) is 2.75. The normalized spacial score (nSPS) is 18.6. The van der Waals surface area contributed by atoms with E-state index >= 15 is 0 Å². The molecule has 6 nitrogen and oxygen atoms in total. The second-order valence-corrected chi connectivity index (χ2v) is 7.95. The third-order valence-electron chi connectivity index (χ3n) is 5.57. The highest BCUT2D eigenvalue weighted by atomic mass is 19.4. The lowest BCUT2D eigenvalue weighted by Gasteiger charge is -2.35. The Bertz CT molecular complexity index is 994. The molecule has 1 aliphatic heterocycles. The summed E-state index contributed by atoms with van der Waals surface area (Å²) >= 11 is 0. The van der Waals surface area contributed by atoms with E-state index in [-0.39, 0.29) is 23.6 Å². The zero-order valence-electron chi connectivity index (χ0n) is 17.0. The predicted octanol–water partition coefficient (Wildman–Crippen LogP) is 3.97. The molecule has 1 saturated heterocycles. The lowest BCUT2D eigenvalue weighted by atomic mass is 10.0. The van der Waals surface area contributed by atoms with Crippen LogP contribution in [0.2, 0.25) is 0 Å². The van der Waals surface area contributed by atoms with E-state index < -0.39 is 17.6 Å². The molecule has 1 fully saturated rings. The van der Waals surface area contributed by atoms with Crippen LogP contribution in [0.1, 0.15) is 43.0 Å². The van der Waals surface area contributed by atoms with Gasteiger partial charge in [-0.1, -0.05) is 0 Å². The van der Waals surface area contributed by atoms with E-state index in [1.807, 2.05) is 0 Å². The fourth-order valence-electron chi connectivity index (χ4n) is 4.25. The van der Waals surface area contributed by atoms with Crippen LogP contribution < -0.4 is 15.5 Å². The van der Waals surface area contributed by atoms with Crippen molar-refractivity contribution in [3.63, 3.8) is 0 Å². The maximum Gasteiger partial charge on any atom is 0.419 e. The van der Waals surface area contributed by atoms with Gasteiger partial charge in [0.1, 0.15) is 11.6 Å². The van der Waals surface area contributed by atoms with Crippen LogP contribution in [0.25, 0.3) is 0 Å². The number of nitrogens with one attached hydrogen (secondary N) is 2. The Morgan fingerprint density at radius 1 is 1.19 bits per heavy atom. The molecule has 0 radical (unpaired) electrons. The Kier molecular flexibility index (Phi) is 5.72. The largest absolute Gasteiger partial charge is 0.419 e. The highest BCUT2D eigenvalue weighted by Gasteiger charge is 2.34. The molecule has 2 N–H and O–H groups in total. The number of rotatable bonds is 4. The Morgan fingerprint density at radius 2 is 2.00 bits per heavy atom. The van der Waals surface area contributed by atoms with Crippen LogP contribution in [0.4, 0.5) is 35.0 Å². The van der Waals surface area contributed by atoms with E-state index in [1.165, 1.54) is 13.0 Å². The number of carbonyl (C=O) groups is 1. The quantitative estimate of drug-likeness (QED) is 0.709. The number of alkyl halides is 3. The summed E-state index contributed by atoms with van der Waals surface area (Å²) < 4.78 is 52.7. The van der Waals surface area contributed by atoms with Gasteiger partial charge >= 0.3 is 6.18 Å². The first-order valence-corrected chi connectivity index (χ1v) is 10.3. The number of amides is 1. The van der Waals surface area contributed by atoms with Crippen molar-refractivity contribution >= 4 is 23.4 Å². The Labute approximate surface area is 177 Å². The van der Waals surface area contributed by atoms with Gasteiger partial charge in [0.05, 0.1) is 11.3 Å². The molecule has 1 aromatic heterocycles. The van der Waals surface area contributed by atoms with Gasteiger partial charge in [0.25, 0.3) is 0 Å². The van der Waals surface area contributed by atoms with E-state index in [4.69, 9.17) is 0 Å². The standard InChI is InChI=1S/C21H23F4N5O/c1-12(31)26-14-4-3-9-30(11-14)19-15-5-2-6-18(15)28-20(29-19)27-13-7-8-17(22)16(10-13)21(23,24)25/h7-8,10,14H,2-6,9,11H2,1H3,(H,26,31)(H,27,28,29). The topological polar surface area (TPSA) is 70.2 Å².